The van der Waals surface area contributed by atoms with Crippen LogP contribution >= 0.6 is 0 Å². The average Bonchev–Trinajstić information content (AvgIpc) is 2.71. The Hall–Kier alpha value is -3.39. The summed E-state index contributed by atoms with van der Waals surface area (Å²) in [5, 5.41) is 4.63. The van der Waals surface area contributed by atoms with Gasteiger partial charge in [0.1, 0.15) is 5.75 Å². The van der Waals surface area contributed by atoms with Gasteiger partial charge in [0.05, 0.1) is 7.11 Å². The molecule has 0 aliphatic heterocycles. The first-order valence-electron chi connectivity index (χ1n) is 8.53. The number of rotatable bonds is 4. The van der Waals surface area contributed by atoms with Gasteiger partial charge in [-0.15, -0.1) is 0 Å². The van der Waals surface area contributed by atoms with Gasteiger partial charge in [-0.25, -0.2) is 0 Å². The summed E-state index contributed by atoms with van der Waals surface area (Å²) in [6.45, 7) is 0. The van der Waals surface area contributed by atoms with Gasteiger partial charge in [0.15, 0.2) is 5.78 Å². The standard InChI is InChI=1S/C24H18O2/c1-26-20-12-10-17(11-13-20)24(25)15-14-23-21-8-4-2-6-18(21)16-19-7-3-5-9-22(19)23/h2-16H,1H3. The van der Waals surface area contributed by atoms with E-state index in [2.05, 4.69) is 30.3 Å². The lowest BCUT2D eigenvalue weighted by Crippen LogP contribution is -1.94. The Labute approximate surface area is 152 Å². The molecule has 0 saturated carbocycles. The van der Waals surface area contributed by atoms with Crippen molar-refractivity contribution in [2.75, 3.05) is 7.11 Å². The van der Waals surface area contributed by atoms with Crippen LogP contribution in [-0.4, -0.2) is 12.9 Å². The van der Waals surface area contributed by atoms with Crippen molar-refractivity contribution in [2.24, 2.45) is 0 Å². The highest BCUT2D eigenvalue weighted by Crippen LogP contribution is 2.29. The normalized spacial score (nSPS) is 11.3. The van der Waals surface area contributed by atoms with E-state index < -0.39 is 0 Å². The topological polar surface area (TPSA) is 26.3 Å². The number of methoxy groups -OCH3 is 1. The molecule has 4 aromatic carbocycles. The Bertz CT molecular complexity index is 1070. The van der Waals surface area contributed by atoms with E-state index in [-0.39, 0.29) is 5.78 Å². The third-order valence-corrected chi connectivity index (χ3v) is 4.59. The number of carbonyl (C=O) groups is 1. The summed E-state index contributed by atoms with van der Waals surface area (Å²) in [5.41, 5.74) is 1.71. The minimum absolute atomic E-state index is 0.0235. The van der Waals surface area contributed by atoms with Crippen molar-refractivity contribution in [3.8, 4) is 5.75 Å². The average molecular weight is 338 g/mol. The molecular weight excluding hydrogens is 320 g/mol. The lowest BCUT2D eigenvalue weighted by molar-refractivity contribution is 0.104. The van der Waals surface area contributed by atoms with E-state index >= 15 is 0 Å². The molecule has 4 aromatic rings. The van der Waals surface area contributed by atoms with E-state index in [0.717, 1.165) is 22.1 Å². The molecule has 2 heteroatoms. The maximum atomic E-state index is 12.6. The zero-order chi connectivity index (χ0) is 17.9. The number of ether oxygens (including phenoxy) is 1. The van der Waals surface area contributed by atoms with Gasteiger partial charge in [-0.05, 0) is 69.6 Å². The summed E-state index contributed by atoms with van der Waals surface area (Å²) in [6.07, 6.45) is 3.58. The molecule has 26 heavy (non-hydrogen) atoms. The van der Waals surface area contributed by atoms with E-state index in [1.54, 1.807) is 37.5 Å². The lowest BCUT2D eigenvalue weighted by Gasteiger charge is -2.08. The molecule has 0 N–H and O–H groups in total. The number of carbonyl (C=O) groups excluding carboxylic acids is 1. The number of fused-ring (bicyclic) bond motifs is 2. The Kier molecular flexibility index (Phi) is 4.24. The second-order valence-electron chi connectivity index (χ2n) is 6.16. The van der Waals surface area contributed by atoms with Crippen LogP contribution in [0.1, 0.15) is 15.9 Å². The first-order valence-corrected chi connectivity index (χ1v) is 8.53. The number of hydrogen-bond acceptors (Lipinski definition) is 2. The maximum absolute atomic E-state index is 12.6. The molecule has 0 fully saturated rings. The fraction of sp³-hybridized carbons (Fsp3) is 0.0417. The Balaban J connectivity index is 1.79. The third-order valence-electron chi connectivity index (χ3n) is 4.59. The summed E-state index contributed by atoms with van der Waals surface area (Å²) >= 11 is 0. The predicted octanol–water partition coefficient (Wildman–Crippen LogP) is 5.90. The molecular formula is C24H18O2. The van der Waals surface area contributed by atoms with Gasteiger partial charge in [-0.3, -0.25) is 4.79 Å². The van der Waals surface area contributed by atoms with Crippen molar-refractivity contribution >= 4 is 33.4 Å². The van der Waals surface area contributed by atoms with Crippen LogP contribution in [0.4, 0.5) is 0 Å². The van der Waals surface area contributed by atoms with Crippen LogP contribution < -0.4 is 4.74 Å². The van der Waals surface area contributed by atoms with Gasteiger partial charge in [-0.2, -0.15) is 0 Å². The smallest absolute Gasteiger partial charge is 0.185 e. The Morgan fingerprint density at radius 2 is 1.38 bits per heavy atom. The highest BCUT2D eigenvalue weighted by atomic mass is 16.5. The first kappa shape index (κ1) is 16.1. The van der Waals surface area contributed by atoms with Crippen LogP contribution in [0.2, 0.25) is 0 Å². The van der Waals surface area contributed by atoms with Gasteiger partial charge in [0.25, 0.3) is 0 Å². The van der Waals surface area contributed by atoms with Gasteiger partial charge in [0, 0.05) is 5.56 Å². The minimum atomic E-state index is -0.0235. The molecule has 0 atom stereocenters. The third kappa shape index (κ3) is 2.98. The van der Waals surface area contributed by atoms with Gasteiger partial charge in [-0.1, -0.05) is 48.5 Å². The van der Waals surface area contributed by atoms with E-state index in [9.17, 15) is 4.79 Å². The largest absolute Gasteiger partial charge is 0.497 e. The van der Waals surface area contributed by atoms with Crippen LogP contribution in [0.5, 0.6) is 5.75 Å². The molecule has 0 bridgehead atoms. The molecule has 126 valence electrons. The van der Waals surface area contributed by atoms with Crippen LogP contribution in [-0.2, 0) is 0 Å². The summed E-state index contributed by atoms with van der Waals surface area (Å²) in [7, 11) is 1.61. The van der Waals surface area contributed by atoms with E-state index in [4.69, 9.17) is 4.74 Å². The van der Waals surface area contributed by atoms with Crippen LogP contribution in [0.25, 0.3) is 27.6 Å². The second-order valence-corrected chi connectivity index (χ2v) is 6.16. The van der Waals surface area contributed by atoms with E-state index in [1.807, 2.05) is 30.3 Å². The van der Waals surface area contributed by atoms with E-state index in [1.165, 1.54) is 10.8 Å². The van der Waals surface area contributed by atoms with E-state index in [0.29, 0.717) is 5.56 Å². The predicted molar refractivity (Wildman–Crippen MR) is 108 cm³/mol. The fourth-order valence-corrected chi connectivity index (χ4v) is 3.24. The van der Waals surface area contributed by atoms with Crippen molar-refractivity contribution in [2.45, 2.75) is 0 Å². The number of hydrogen-bond donors (Lipinski definition) is 0. The van der Waals surface area contributed by atoms with Crippen molar-refractivity contribution < 1.29 is 9.53 Å². The zero-order valence-corrected chi connectivity index (χ0v) is 14.5. The van der Waals surface area contributed by atoms with Crippen LogP contribution in [0.15, 0.2) is 84.9 Å². The summed E-state index contributed by atoms with van der Waals surface area (Å²) < 4.78 is 5.15. The summed E-state index contributed by atoms with van der Waals surface area (Å²) in [5.74, 6) is 0.718. The van der Waals surface area contributed by atoms with Crippen molar-refractivity contribution in [1.82, 2.24) is 0 Å². The summed E-state index contributed by atoms with van der Waals surface area (Å²) in [6, 6.07) is 25.9. The van der Waals surface area contributed by atoms with Crippen molar-refractivity contribution in [1.29, 1.82) is 0 Å². The van der Waals surface area contributed by atoms with Crippen LogP contribution in [0, 0.1) is 0 Å². The SMILES string of the molecule is COc1ccc(C(=O)C=Cc2c3ccccc3cc3ccccc23)cc1. The zero-order valence-electron chi connectivity index (χ0n) is 14.5. The van der Waals surface area contributed by atoms with Gasteiger partial charge in [0.2, 0.25) is 0 Å². The molecule has 0 aliphatic rings. The molecule has 0 heterocycles. The monoisotopic (exact) mass is 338 g/mol. The fourth-order valence-electron chi connectivity index (χ4n) is 3.24. The van der Waals surface area contributed by atoms with Gasteiger partial charge >= 0.3 is 0 Å². The highest BCUT2D eigenvalue weighted by molar-refractivity contribution is 6.11. The molecule has 0 radical (unpaired) electrons. The lowest BCUT2D eigenvalue weighted by atomic mass is 9.96. The molecule has 0 aromatic heterocycles. The molecule has 0 unspecified atom stereocenters. The van der Waals surface area contributed by atoms with Gasteiger partial charge < -0.3 is 4.74 Å². The van der Waals surface area contributed by atoms with Crippen LogP contribution in [0.3, 0.4) is 0 Å². The second kappa shape index (κ2) is 6.85. The Morgan fingerprint density at radius 1 is 0.808 bits per heavy atom. The molecule has 4 rings (SSSR count). The Morgan fingerprint density at radius 3 is 1.96 bits per heavy atom. The van der Waals surface area contributed by atoms with Crippen molar-refractivity contribution in [3.63, 3.8) is 0 Å². The number of benzene rings is 4. The minimum Gasteiger partial charge on any atom is -0.497 e. The molecule has 2 nitrogen and oxygen atoms in total. The highest BCUT2D eigenvalue weighted by Gasteiger charge is 2.06. The number of ketones is 1. The summed E-state index contributed by atoms with van der Waals surface area (Å²) in [4.78, 5) is 12.6. The maximum Gasteiger partial charge on any atom is 0.185 e. The number of allylic oxidation sites excluding steroid dienone is 1. The molecule has 0 saturated heterocycles. The molecule has 0 amide bonds. The van der Waals surface area contributed by atoms with Crippen molar-refractivity contribution in [3.05, 3.63) is 96.1 Å². The quantitative estimate of drug-likeness (QED) is 0.263. The first-order chi connectivity index (χ1) is 12.8. The molecule has 0 aliphatic carbocycles. The molecule has 0 spiro atoms.